The first-order valence-corrected chi connectivity index (χ1v) is 5.75. The average Bonchev–Trinajstić information content (AvgIpc) is 2.18. The standard InChI is InChI=1S/C9H9ClO3P/c10-8-3-1-2-7(6-8)9-4-5-12-14(11)13-9/h1-3,6,9H,4-5H2/q+1. The van der Waals surface area contributed by atoms with Crippen LogP contribution in [-0.4, -0.2) is 6.61 Å². The van der Waals surface area contributed by atoms with E-state index in [1.165, 1.54) is 0 Å². The topological polar surface area (TPSA) is 35.5 Å². The maximum absolute atomic E-state index is 11.0. The minimum absolute atomic E-state index is 0.161. The first kappa shape index (κ1) is 10.1. The van der Waals surface area contributed by atoms with E-state index in [-0.39, 0.29) is 6.10 Å². The van der Waals surface area contributed by atoms with Gasteiger partial charge in [0.2, 0.25) is 0 Å². The molecule has 0 bridgehead atoms. The summed E-state index contributed by atoms with van der Waals surface area (Å²) in [6.45, 7) is 0.465. The van der Waals surface area contributed by atoms with Crippen molar-refractivity contribution >= 4 is 19.9 Å². The third-order valence-corrected chi connectivity index (χ3v) is 3.07. The summed E-state index contributed by atoms with van der Waals surface area (Å²) in [6, 6.07) is 7.37. The fourth-order valence-corrected chi connectivity index (χ4v) is 2.30. The lowest BCUT2D eigenvalue weighted by Gasteiger charge is -2.13. The Hall–Kier alpha value is -0.470. The summed E-state index contributed by atoms with van der Waals surface area (Å²) in [7, 11) is -1.96. The van der Waals surface area contributed by atoms with Gasteiger partial charge in [-0.3, -0.25) is 0 Å². The van der Waals surface area contributed by atoms with E-state index in [1.807, 2.05) is 18.2 Å². The molecule has 3 nitrogen and oxygen atoms in total. The molecule has 2 unspecified atom stereocenters. The van der Waals surface area contributed by atoms with Gasteiger partial charge in [-0.15, -0.1) is 9.05 Å². The van der Waals surface area contributed by atoms with Crippen molar-refractivity contribution in [2.24, 2.45) is 0 Å². The molecule has 0 N–H and O–H groups in total. The van der Waals surface area contributed by atoms with E-state index in [0.717, 1.165) is 5.56 Å². The summed E-state index contributed by atoms with van der Waals surface area (Å²) < 4.78 is 21.0. The molecule has 0 aliphatic carbocycles. The number of rotatable bonds is 1. The van der Waals surface area contributed by atoms with Crippen molar-refractivity contribution in [3.05, 3.63) is 34.9 Å². The van der Waals surface area contributed by atoms with Crippen molar-refractivity contribution in [3.63, 3.8) is 0 Å². The van der Waals surface area contributed by atoms with Crippen LogP contribution in [0, 0.1) is 0 Å². The highest BCUT2D eigenvalue weighted by Crippen LogP contribution is 2.40. The van der Waals surface area contributed by atoms with Crippen LogP contribution in [0.15, 0.2) is 24.3 Å². The zero-order valence-corrected chi connectivity index (χ0v) is 9.00. The molecule has 0 saturated carbocycles. The van der Waals surface area contributed by atoms with E-state index in [2.05, 4.69) is 0 Å². The summed E-state index contributed by atoms with van der Waals surface area (Å²) in [5, 5.41) is 0.660. The smallest absolute Gasteiger partial charge is 0.119 e. The van der Waals surface area contributed by atoms with Crippen LogP contribution in [0.25, 0.3) is 0 Å². The Bertz CT molecular complexity index is 356. The van der Waals surface area contributed by atoms with Crippen molar-refractivity contribution in [3.8, 4) is 0 Å². The van der Waals surface area contributed by atoms with Crippen LogP contribution in [0.5, 0.6) is 0 Å². The molecular weight excluding hydrogens is 223 g/mol. The van der Waals surface area contributed by atoms with Crippen molar-refractivity contribution in [2.45, 2.75) is 12.5 Å². The third kappa shape index (κ3) is 2.31. The highest BCUT2D eigenvalue weighted by molar-refractivity contribution is 7.33. The molecule has 1 aliphatic rings. The van der Waals surface area contributed by atoms with E-state index < -0.39 is 8.25 Å². The van der Waals surface area contributed by atoms with E-state index in [4.69, 9.17) is 20.6 Å². The predicted octanol–water partition coefficient (Wildman–Crippen LogP) is 3.48. The lowest BCUT2D eigenvalue weighted by atomic mass is 10.1. The quantitative estimate of drug-likeness (QED) is 0.694. The number of hydrogen-bond donors (Lipinski definition) is 0. The SMILES string of the molecule is O=[P+]1OCCC(c2cccc(Cl)c2)O1. The summed E-state index contributed by atoms with van der Waals surface area (Å²) >= 11 is 5.84. The van der Waals surface area contributed by atoms with Gasteiger partial charge in [-0.2, -0.15) is 0 Å². The maximum atomic E-state index is 11.0. The van der Waals surface area contributed by atoms with Crippen molar-refractivity contribution in [1.82, 2.24) is 0 Å². The van der Waals surface area contributed by atoms with Gasteiger partial charge in [0, 0.05) is 16.0 Å². The molecule has 1 aliphatic heterocycles. The Kier molecular flexibility index (Phi) is 3.14. The first-order valence-electron chi connectivity index (χ1n) is 4.28. The van der Waals surface area contributed by atoms with Crippen LogP contribution in [-0.2, 0) is 13.6 Å². The monoisotopic (exact) mass is 231 g/mol. The first-order chi connectivity index (χ1) is 6.75. The lowest BCUT2D eigenvalue weighted by Crippen LogP contribution is -2.08. The Labute approximate surface area is 87.9 Å². The summed E-state index contributed by atoms with van der Waals surface area (Å²) in [6.07, 6.45) is 0.549. The van der Waals surface area contributed by atoms with Crippen LogP contribution in [0.1, 0.15) is 18.1 Å². The number of hydrogen-bond acceptors (Lipinski definition) is 3. The van der Waals surface area contributed by atoms with Crippen molar-refractivity contribution in [1.29, 1.82) is 0 Å². The van der Waals surface area contributed by atoms with Gasteiger partial charge in [0.25, 0.3) is 0 Å². The Morgan fingerprint density at radius 1 is 1.50 bits per heavy atom. The van der Waals surface area contributed by atoms with E-state index >= 15 is 0 Å². The minimum atomic E-state index is -1.96. The fourth-order valence-electron chi connectivity index (χ4n) is 1.36. The summed E-state index contributed by atoms with van der Waals surface area (Å²) in [5.41, 5.74) is 0.948. The number of benzene rings is 1. The lowest BCUT2D eigenvalue weighted by molar-refractivity contribution is 0.0968. The fraction of sp³-hybridized carbons (Fsp3) is 0.333. The average molecular weight is 232 g/mol. The van der Waals surface area contributed by atoms with E-state index in [9.17, 15) is 4.57 Å². The molecule has 1 saturated heterocycles. The molecule has 1 heterocycles. The van der Waals surface area contributed by atoms with Gasteiger partial charge in [0.05, 0.1) is 0 Å². The van der Waals surface area contributed by atoms with Crippen molar-refractivity contribution in [2.75, 3.05) is 6.61 Å². The molecule has 5 heteroatoms. The van der Waals surface area contributed by atoms with Gasteiger partial charge in [-0.05, 0) is 17.7 Å². The van der Waals surface area contributed by atoms with E-state index in [0.29, 0.717) is 18.1 Å². The third-order valence-electron chi connectivity index (χ3n) is 2.01. The van der Waals surface area contributed by atoms with E-state index in [1.54, 1.807) is 6.07 Å². The zero-order valence-electron chi connectivity index (χ0n) is 7.35. The van der Waals surface area contributed by atoms with Gasteiger partial charge < -0.3 is 0 Å². The molecule has 14 heavy (non-hydrogen) atoms. The second-order valence-corrected chi connectivity index (χ2v) is 4.35. The van der Waals surface area contributed by atoms with Crippen LogP contribution in [0.2, 0.25) is 5.02 Å². The van der Waals surface area contributed by atoms with Gasteiger partial charge in [-0.1, -0.05) is 23.7 Å². The molecule has 0 radical (unpaired) electrons. The van der Waals surface area contributed by atoms with Gasteiger partial charge in [0.15, 0.2) is 0 Å². The molecule has 2 atom stereocenters. The Morgan fingerprint density at radius 2 is 2.36 bits per heavy atom. The maximum Gasteiger partial charge on any atom is 0.698 e. The zero-order chi connectivity index (χ0) is 9.97. The molecule has 1 aromatic carbocycles. The molecule has 74 valence electrons. The normalized spacial score (nSPS) is 24.9. The Morgan fingerprint density at radius 3 is 3.07 bits per heavy atom. The van der Waals surface area contributed by atoms with Crippen LogP contribution < -0.4 is 0 Å². The van der Waals surface area contributed by atoms with Crippen LogP contribution >= 0.6 is 19.9 Å². The number of halogens is 1. The highest BCUT2D eigenvalue weighted by atomic mass is 35.5. The Balaban J connectivity index is 2.17. The van der Waals surface area contributed by atoms with Gasteiger partial charge in [0.1, 0.15) is 12.7 Å². The van der Waals surface area contributed by atoms with Crippen molar-refractivity contribution < 1.29 is 13.6 Å². The molecule has 2 rings (SSSR count). The van der Waals surface area contributed by atoms with Gasteiger partial charge >= 0.3 is 8.25 Å². The van der Waals surface area contributed by atoms with Gasteiger partial charge in [-0.25, -0.2) is 0 Å². The summed E-state index contributed by atoms with van der Waals surface area (Å²) in [5.74, 6) is 0. The van der Waals surface area contributed by atoms with Crippen LogP contribution in [0.3, 0.4) is 0 Å². The molecule has 0 aromatic heterocycles. The largest absolute Gasteiger partial charge is 0.698 e. The summed E-state index contributed by atoms with van der Waals surface area (Å²) in [4.78, 5) is 0. The second-order valence-electron chi connectivity index (χ2n) is 2.99. The minimum Gasteiger partial charge on any atom is -0.119 e. The molecule has 1 fully saturated rings. The molecule has 0 spiro atoms. The molecule has 1 aromatic rings. The molecule has 0 amide bonds. The molecular formula is C9H9ClO3P+. The van der Waals surface area contributed by atoms with Crippen LogP contribution in [0.4, 0.5) is 0 Å². The highest BCUT2D eigenvalue weighted by Gasteiger charge is 2.34. The second kappa shape index (κ2) is 4.37. The predicted molar refractivity (Wildman–Crippen MR) is 53.5 cm³/mol.